The highest BCUT2D eigenvalue weighted by atomic mass is 32.2. The SMILES string of the molecule is CCCC.CSc1cc2c(cc1O)SCC(C)CN2c1ccccc1. The number of fused-ring (bicyclic) bond motifs is 1. The Bertz CT molecular complexity index is 658. The first-order valence-corrected chi connectivity index (χ1v) is 11.2. The molecule has 1 aliphatic heterocycles. The lowest BCUT2D eigenvalue weighted by Gasteiger charge is -2.27. The molecule has 25 heavy (non-hydrogen) atoms. The molecule has 136 valence electrons. The van der Waals surface area contributed by atoms with E-state index in [0.717, 1.165) is 17.2 Å². The van der Waals surface area contributed by atoms with Crippen LogP contribution in [0.2, 0.25) is 0 Å². The van der Waals surface area contributed by atoms with Gasteiger partial charge in [-0.1, -0.05) is 51.8 Å². The van der Waals surface area contributed by atoms with Crippen molar-refractivity contribution < 1.29 is 5.11 Å². The van der Waals surface area contributed by atoms with E-state index in [1.165, 1.54) is 29.1 Å². The maximum atomic E-state index is 10.1. The average molecular weight is 376 g/mol. The van der Waals surface area contributed by atoms with Crippen LogP contribution in [-0.2, 0) is 0 Å². The number of nitrogens with zero attached hydrogens (tertiary/aromatic N) is 1. The fourth-order valence-electron chi connectivity index (χ4n) is 2.58. The first-order chi connectivity index (χ1) is 12.1. The zero-order valence-electron chi connectivity index (χ0n) is 15.7. The van der Waals surface area contributed by atoms with Crippen molar-refractivity contribution in [3.63, 3.8) is 0 Å². The second kappa shape index (κ2) is 10.0. The van der Waals surface area contributed by atoms with Crippen LogP contribution in [0.5, 0.6) is 5.75 Å². The summed E-state index contributed by atoms with van der Waals surface area (Å²) in [4.78, 5) is 4.47. The Morgan fingerprint density at radius 2 is 1.84 bits per heavy atom. The summed E-state index contributed by atoms with van der Waals surface area (Å²) in [6.45, 7) is 7.65. The summed E-state index contributed by atoms with van der Waals surface area (Å²) in [5.74, 6) is 2.06. The minimum absolute atomic E-state index is 0.385. The van der Waals surface area contributed by atoms with Gasteiger partial charge in [-0.05, 0) is 36.4 Å². The second-order valence-corrected chi connectivity index (χ2v) is 8.26. The lowest BCUT2D eigenvalue weighted by atomic mass is 10.1. The van der Waals surface area contributed by atoms with Gasteiger partial charge in [0.2, 0.25) is 0 Å². The number of phenols is 1. The lowest BCUT2D eigenvalue weighted by Crippen LogP contribution is -2.23. The topological polar surface area (TPSA) is 23.5 Å². The van der Waals surface area contributed by atoms with Crippen LogP contribution >= 0.6 is 23.5 Å². The number of rotatable bonds is 3. The highest BCUT2D eigenvalue weighted by molar-refractivity contribution is 7.99. The fraction of sp³-hybridized carbons (Fsp3) is 0.429. The van der Waals surface area contributed by atoms with Gasteiger partial charge in [-0.25, -0.2) is 0 Å². The first-order valence-electron chi connectivity index (χ1n) is 8.97. The highest BCUT2D eigenvalue weighted by Gasteiger charge is 2.22. The molecule has 0 bridgehead atoms. The largest absolute Gasteiger partial charge is 0.507 e. The van der Waals surface area contributed by atoms with E-state index in [2.05, 4.69) is 56.0 Å². The van der Waals surface area contributed by atoms with Crippen molar-refractivity contribution in [1.29, 1.82) is 0 Å². The Kier molecular flexibility index (Phi) is 8.04. The van der Waals surface area contributed by atoms with Gasteiger partial charge in [-0.3, -0.25) is 0 Å². The second-order valence-electron chi connectivity index (χ2n) is 6.35. The number of phenolic OH excluding ortho intramolecular Hbond substituents is 1. The predicted octanol–water partition coefficient (Wildman–Crippen LogP) is 6.80. The lowest BCUT2D eigenvalue weighted by molar-refractivity contribution is 0.461. The normalized spacial score (nSPS) is 16.5. The highest BCUT2D eigenvalue weighted by Crippen LogP contribution is 2.44. The quantitative estimate of drug-likeness (QED) is 0.596. The van der Waals surface area contributed by atoms with E-state index in [1.807, 2.05) is 30.2 Å². The standard InChI is InChI=1S/C17H19NOS2.C4H10/c1-12-10-18(13-6-4-3-5-7-13)14-8-17(20-2)15(19)9-16(14)21-11-12;1-3-4-2/h3-9,12,19H,10-11H2,1-2H3;3-4H2,1-2H3. The average Bonchev–Trinajstić information content (AvgIpc) is 2.81. The molecule has 0 spiro atoms. The van der Waals surface area contributed by atoms with Crippen LogP contribution in [0.3, 0.4) is 0 Å². The summed E-state index contributed by atoms with van der Waals surface area (Å²) in [6.07, 6.45) is 4.64. The van der Waals surface area contributed by atoms with Crippen LogP contribution < -0.4 is 4.90 Å². The summed E-state index contributed by atoms with van der Waals surface area (Å²) in [5.41, 5.74) is 2.42. The van der Waals surface area contributed by atoms with Gasteiger partial charge < -0.3 is 10.0 Å². The number of hydrogen-bond donors (Lipinski definition) is 1. The molecule has 2 aromatic rings. The zero-order valence-corrected chi connectivity index (χ0v) is 17.3. The predicted molar refractivity (Wildman–Crippen MR) is 114 cm³/mol. The summed E-state index contributed by atoms with van der Waals surface area (Å²) in [6, 6.07) is 14.5. The van der Waals surface area contributed by atoms with Gasteiger partial charge in [0.05, 0.1) is 10.6 Å². The maximum absolute atomic E-state index is 10.1. The van der Waals surface area contributed by atoms with Crippen LogP contribution in [-0.4, -0.2) is 23.7 Å². The molecule has 0 fully saturated rings. The summed E-state index contributed by atoms with van der Waals surface area (Å²) >= 11 is 3.43. The molecule has 4 heteroatoms. The molecular formula is C21H29NOS2. The fourth-order valence-corrected chi connectivity index (χ4v) is 4.15. The van der Waals surface area contributed by atoms with Gasteiger partial charge in [0.1, 0.15) is 5.75 Å². The minimum atomic E-state index is 0.385. The van der Waals surface area contributed by atoms with E-state index in [0.29, 0.717) is 11.7 Å². The van der Waals surface area contributed by atoms with Crippen molar-refractivity contribution in [3.05, 3.63) is 42.5 Å². The number of anilines is 2. The zero-order chi connectivity index (χ0) is 18.2. The van der Waals surface area contributed by atoms with Crippen molar-refractivity contribution in [1.82, 2.24) is 0 Å². The Morgan fingerprint density at radius 3 is 2.44 bits per heavy atom. The molecule has 1 atom stereocenters. The van der Waals surface area contributed by atoms with E-state index in [4.69, 9.17) is 0 Å². The third-order valence-corrected chi connectivity index (χ3v) is 6.28. The van der Waals surface area contributed by atoms with Gasteiger partial charge in [0, 0.05) is 22.9 Å². The van der Waals surface area contributed by atoms with Crippen LogP contribution in [0.1, 0.15) is 33.6 Å². The molecule has 0 aromatic heterocycles. The number of thioether (sulfide) groups is 2. The van der Waals surface area contributed by atoms with E-state index in [9.17, 15) is 5.11 Å². The number of hydrogen-bond acceptors (Lipinski definition) is 4. The number of unbranched alkanes of at least 4 members (excludes halogenated alkanes) is 1. The van der Waals surface area contributed by atoms with Gasteiger partial charge in [-0.2, -0.15) is 0 Å². The van der Waals surface area contributed by atoms with Gasteiger partial charge >= 0.3 is 0 Å². The molecule has 2 nitrogen and oxygen atoms in total. The van der Waals surface area contributed by atoms with E-state index >= 15 is 0 Å². The van der Waals surface area contributed by atoms with Crippen LogP contribution in [0.25, 0.3) is 0 Å². The summed E-state index contributed by atoms with van der Waals surface area (Å²) < 4.78 is 0. The van der Waals surface area contributed by atoms with E-state index in [-0.39, 0.29) is 0 Å². The minimum Gasteiger partial charge on any atom is -0.507 e. The molecule has 3 rings (SSSR count). The molecular weight excluding hydrogens is 346 g/mol. The third-order valence-electron chi connectivity index (χ3n) is 4.14. The number of benzene rings is 2. The van der Waals surface area contributed by atoms with Crippen molar-refractivity contribution in [3.8, 4) is 5.75 Å². The molecule has 1 N–H and O–H groups in total. The molecule has 0 saturated carbocycles. The van der Waals surface area contributed by atoms with Gasteiger partial charge in [0.25, 0.3) is 0 Å². The van der Waals surface area contributed by atoms with Gasteiger partial charge in [-0.15, -0.1) is 23.5 Å². The molecule has 0 amide bonds. The monoisotopic (exact) mass is 375 g/mol. The summed E-state index contributed by atoms with van der Waals surface area (Å²) in [7, 11) is 0. The van der Waals surface area contributed by atoms with Gasteiger partial charge in [0.15, 0.2) is 0 Å². The van der Waals surface area contributed by atoms with Crippen LogP contribution in [0.15, 0.2) is 52.3 Å². The molecule has 2 aromatic carbocycles. The maximum Gasteiger partial charge on any atom is 0.130 e. The van der Waals surface area contributed by atoms with Crippen molar-refractivity contribution in [2.75, 3.05) is 23.5 Å². The Hall–Kier alpha value is -1.26. The molecule has 0 saturated heterocycles. The Labute approximate surface area is 161 Å². The Balaban J connectivity index is 0.000000511. The molecule has 0 aliphatic carbocycles. The van der Waals surface area contributed by atoms with Crippen LogP contribution in [0, 0.1) is 5.92 Å². The summed E-state index contributed by atoms with van der Waals surface area (Å²) in [5, 5.41) is 10.1. The van der Waals surface area contributed by atoms with E-state index < -0.39 is 0 Å². The first kappa shape index (κ1) is 20.1. The molecule has 1 aliphatic rings. The van der Waals surface area contributed by atoms with Crippen molar-refractivity contribution in [2.24, 2.45) is 5.92 Å². The molecule has 1 heterocycles. The third kappa shape index (κ3) is 5.35. The van der Waals surface area contributed by atoms with E-state index in [1.54, 1.807) is 11.8 Å². The van der Waals surface area contributed by atoms with Crippen molar-refractivity contribution >= 4 is 34.9 Å². The number of para-hydroxylation sites is 1. The van der Waals surface area contributed by atoms with Crippen molar-refractivity contribution in [2.45, 2.75) is 43.4 Å². The molecule has 0 radical (unpaired) electrons. The smallest absolute Gasteiger partial charge is 0.130 e. The molecule has 1 unspecified atom stereocenters. The van der Waals surface area contributed by atoms with Crippen LogP contribution in [0.4, 0.5) is 11.4 Å². The number of aromatic hydroxyl groups is 1. The Morgan fingerprint density at radius 1 is 1.16 bits per heavy atom.